The number of hydrogen-bond donors (Lipinski definition) is 2. The van der Waals surface area contributed by atoms with Crippen LogP contribution in [0.1, 0.15) is 31.0 Å². The Hall–Kier alpha value is -2.11. The summed E-state index contributed by atoms with van der Waals surface area (Å²) < 4.78 is 5.06. The lowest BCUT2D eigenvalue weighted by atomic mass is 9.96. The topological polar surface area (TPSA) is 88.1 Å². The number of imidazole rings is 1. The molecule has 0 aliphatic heterocycles. The minimum absolute atomic E-state index is 0.0438. The van der Waals surface area contributed by atoms with Gasteiger partial charge in [0.2, 0.25) is 5.88 Å². The fourth-order valence-corrected chi connectivity index (χ4v) is 2.77. The first kappa shape index (κ1) is 12.0. The minimum Gasteiger partial charge on any atom is -0.481 e. The Kier molecular flexibility index (Phi) is 2.85. The number of nitrogens with one attached hydrogen (secondary N) is 1. The number of aliphatic carboxylic acids is 1. The third-order valence-electron chi connectivity index (χ3n) is 3.73. The van der Waals surface area contributed by atoms with Crippen LogP contribution in [0.3, 0.4) is 0 Å². The van der Waals surface area contributed by atoms with Gasteiger partial charge in [0.1, 0.15) is 5.82 Å². The molecule has 2 aromatic heterocycles. The van der Waals surface area contributed by atoms with E-state index in [-0.39, 0.29) is 11.8 Å². The Morgan fingerprint density at radius 1 is 1.42 bits per heavy atom. The largest absolute Gasteiger partial charge is 0.481 e. The quantitative estimate of drug-likeness (QED) is 0.881. The zero-order chi connectivity index (χ0) is 13.4. The molecule has 6 heteroatoms. The van der Waals surface area contributed by atoms with Gasteiger partial charge in [-0.1, -0.05) is 6.42 Å². The van der Waals surface area contributed by atoms with Gasteiger partial charge in [0.05, 0.1) is 18.5 Å². The number of hydrogen-bond acceptors (Lipinski definition) is 4. The van der Waals surface area contributed by atoms with E-state index < -0.39 is 5.97 Å². The van der Waals surface area contributed by atoms with Crippen LogP contribution in [0.5, 0.6) is 5.88 Å². The number of carboxylic acid groups (broad SMARTS) is 1. The van der Waals surface area contributed by atoms with E-state index in [0.29, 0.717) is 17.9 Å². The molecule has 100 valence electrons. The maximum Gasteiger partial charge on any atom is 0.307 e. The predicted molar refractivity (Wildman–Crippen MR) is 68.2 cm³/mol. The number of pyridine rings is 1. The zero-order valence-electron chi connectivity index (χ0n) is 10.6. The molecule has 1 aliphatic rings. The molecule has 1 fully saturated rings. The maximum absolute atomic E-state index is 11.2. The molecule has 3 rings (SSSR count). The average Bonchev–Trinajstić information content (AvgIpc) is 3.03. The number of rotatable bonds is 3. The molecule has 0 bridgehead atoms. The molecule has 1 aliphatic carbocycles. The van der Waals surface area contributed by atoms with Crippen LogP contribution < -0.4 is 4.74 Å². The molecule has 0 spiro atoms. The molecule has 2 N–H and O–H groups in total. The number of carbonyl (C=O) groups is 1. The van der Waals surface area contributed by atoms with Crippen molar-refractivity contribution >= 4 is 17.1 Å². The van der Waals surface area contributed by atoms with Crippen LogP contribution in [-0.4, -0.2) is 33.1 Å². The summed E-state index contributed by atoms with van der Waals surface area (Å²) in [6.45, 7) is 0. The highest BCUT2D eigenvalue weighted by molar-refractivity contribution is 5.73. The Morgan fingerprint density at radius 2 is 2.26 bits per heavy atom. The minimum atomic E-state index is -0.742. The standard InChI is InChI=1S/C13H15N3O3/c1-19-10-6-5-9-12(15-10)16-11(14-9)7-3-2-4-8(7)13(17)18/h5-8H,2-4H2,1H3,(H,17,18)(H,14,15,16). The number of aromatic nitrogens is 3. The van der Waals surface area contributed by atoms with Crippen LogP contribution in [0, 0.1) is 5.92 Å². The van der Waals surface area contributed by atoms with Crippen LogP contribution in [0.2, 0.25) is 0 Å². The highest BCUT2D eigenvalue weighted by atomic mass is 16.5. The second-order valence-electron chi connectivity index (χ2n) is 4.83. The summed E-state index contributed by atoms with van der Waals surface area (Å²) in [6, 6.07) is 3.61. The number of aromatic amines is 1. The number of ether oxygens (including phenoxy) is 1. The molecule has 2 atom stereocenters. The van der Waals surface area contributed by atoms with Gasteiger partial charge in [-0.05, 0) is 18.9 Å². The van der Waals surface area contributed by atoms with Gasteiger partial charge in [-0.15, -0.1) is 0 Å². The Balaban J connectivity index is 1.98. The fraction of sp³-hybridized carbons (Fsp3) is 0.462. The van der Waals surface area contributed by atoms with Crippen LogP contribution in [-0.2, 0) is 4.79 Å². The lowest BCUT2D eigenvalue weighted by molar-refractivity contribution is -0.142. The van der Waals surface area contributed by atoms with Gasteiger partial charge < -0.3 is 14.8 Å². The molecule has 0 saturated heterocycles. The van der Waals surface area contributed by atoms with Crippen molar-refractivity contribution in [1.29, 1.82) is 0 Å². The predicted octanol–water partition coefficient (Wildman–Crippen LogP) is 1.93. The molecule has 0 amide bonds. The number of fused-ring (bicyclic) bond motifs is 1. The monoisotopic (exact) mass is 261 g/mol. The highest BCUT2D eigenvalue weighted by Crippen LogP contribution is 2.39. The van der Waals surface area contributed by atoms with Crippen LogP contribution in [0.4, 0.5) is 0 Å². The third-order valence-corrected chi connectivity index (χ3v) is 3.73. The Morgan fingerprint density at radius 3 is 3.00 bits per heavy atom. The molecule has 2 heterocycles. The number of H-pyrrole nitrogens is 1. The van der Waals surface area contributed by atoms with E-state index in [1.807, 2.05) is 6.07 Å². The van der Waals surface area contributed by atoms with Crippen molar-refractivity contribution < 1.29 is 14.6 Å². The number of nitrogens with zero attached hydrogens (tertiary/aromatic N) is 2. The first-order valence-corrected chi connectivity index (χ1v) is 6.32. The van der Waals surface area contributed by atoms with E-state index >= 15 is 0 Å². The maximum atomic E-state index is 11.2. The molecule has 0 radical (unpaired) electrons. The molecule has 19 heavy (non-hydrogen) atoms. The summed E-state index contributed by atoms with van der Waals surface area (Å²) >= 11 is 0. The smallest absolute Gasteiger partial charge is 0.307 e. The van der Waals surface area contributed by atoms with E-state index in [2.05, 4.69) is 15.0 Å². The SMILES string of the molecule is COc1ccc2[nH]c(C3CCCC3C(=O)O)nc2n1. The molecule has 2 unspecified atom stereocenters. The van der Waals surface area contributed by atoms with Crippen molar-refractivity contribution in [1.82, 2.24) is 15.0 Å². The summed E-state index contributed by atoms with van der Waals surface area (Å²) in [5, 5.41) is 9.22. The van der Waals surface area contributed by atoms with E-state index in [4.69, 9.17) is 4.74 Å². The average molecular weight is 261 g/mol. The lowest BCUT2D eigenvalue weighted by Crippen LogP contribution is -2.17. The Labute approximate surface area is 109 Å². The Bertz CT molecular complexity index is 623. The molecule has 1 saturated carbocycles. The van der Waals surface area contributed by atoms with Crippen molar-refractivity contribution in [2.75, 3.05) is 7.11 Å². The van der Waals surface area contributed by atoms with Crippen molar-refractivity contribution in [3.63, 3.8) is 0 Å². The van der Waals surface area contributed by atoms with Gasteiger partial charge in [0, 0.05) is 12.0 Å². The fourth-order valence-electron chi connectivity index (χ4n) is 2.77. The summed E-state index contributed by atoms with van der Waals surface area (Å²) in [4.78, 5) is 23.1. The molecular formula is C13H15N3O3. The summed E-state index contributed by atoms with van der Waals surface area (Å²) in [6.07, 6.45) is 2.50. The second kappa shape index (κ2) is 4.53. The van der Waals surface area contributed by atoms with Gasteiger partial charge in [-0.25, -0.2) is 4.98 Å². The van der Waals surface area contributed by atoms with Crippen molar-refractivity contribution in [2.45, 2.75) is 25.2 Å². The van der Waals surface area contributed by atoms with Crippen LogP contribution in [0.15, 0.2) is 12.1 Å². The van der Waals surface area contributed by atoms with Crippen molar-refractivity contribution in [3.05, 3.63) is 18.0 Å². The van der Waals surface area contributed by atoms with Gasteiger partial charge in [-0.3, -0.25) is 4.79 Å². The van der Waals surface area contributed by atoms with Gasteiger partial charge in [0.25, 0.3) is 0 Å². The zero-order valence-corrected chi connectivity index (χ0v) is 10.6. The highest BCUT2D eigenvalue weighted by Gasteiger charge is 2.35. The van der Waals surface area contributed by atoms with Gasteiger partial charge in [0.15, 0.2) is 5.65 Å². The normalized spacial score (nSPS) is 22.8. The van der Waals surface area contributed by atoms with E-state index in [1.165, 1.54) is 0 Å². The van der Waals surface area contributed by atoms with Gasteiger partial charge >= 0.3 is 5.97 Å². The van der Waals surface area contributed by atoms with Crippen LogP contribution in [0.25, 0.3) is 11.2 Å². The van der Waals surface area contributed by atoms with Gasteiger partial charge in [-0.2, -0.15) is 4.98 Å². The van der Waals surface area contributed by atoms with E-state index in [9.17, 15) is 9.90 Å². The summed E-state index contributed by atoms with van der Waals surface area (Å²) in [7, 11) is 1.55. The first-order valence-electron chi connectivity index (χ1n) is 6.32. The van der Waals surface area contributed by atoms with Crippen LogP contribution >= 0.6 is 0 Å². The second-order valence-corrected chi connectivity index (χ2v) is 4.83. The summed E-state index contributed by atoms with van der Waals surface area (Å²) in [5.41, 5.74) is 1.39. The third kappa shape index (κ3) is 2.03. The number of methoxy groups -OCH3 is 1. The molecular weight excluding hydrogens is 246 g/mol. The molecule has 0 aromatic carbocycles. The van der Waals surface area contributed by atoms with E-state index in [1.54, 1.807) is 13.2 Å². The van der Waals surface area contributed by atoms with E-state index in [0.717, 1.165) is 24.2 Å². The summed E-state index contributed by atoms with van der Waals surface area (Å²) in [5.74, 6) is 0.0982. The van der Waals surface area contributed by atoms with Crippen molar-refractivity contribution in [3.8, 4) is 5.88 Å². The van der Waals surface area contributed by atoms with Crippen molar-refractivity contribution in [2.24, 2.45) is 5.92 Å². The number of carboxylic acids is 1. The lowest BCUT2D eigenvalue weighted by Gasteiger charge is -2.12. The first-order chi connectivity index (χ1) is 9.19. The molecule has 6 nitrogen and oxygen atoms in total. The molecule has 2 aromatic rings.